The second-order valence-electron chi connectivity index (χ2n) is 5.48. The van der Waals surface area contributed by atoms with Crippen LogP contribution in [0.15, 0.2) is 29.1 Å². The van der Waals surface area contributed by atoms with Crippen molar-refractivity contribution in [1.82, 2.24) is 4.73 Å². The number of pyridine rings is 1. The summed E-state index contributed by atoms with van der Waals surface area (Å²) in [6, 6.07) is 7.12. The molecule has 114 valence electrons. The first-order valence-corrected chi connectivity index (χ1v) is 7.71. The highest BCUT2D eigenvalue weighted by Gasteiger charge is 2.14. The van der Waals surface area contributed by atoms with E-state index in [0.717, 1.165) is 18.2 Å². The molecule has 1 aromatic carbocycles. The highest BCUT2D eigenvalue weighted by molar-refractivity contribution is 5.84. The van der Waals surface area contributed by atoms with Gasteiger partial charge in [-0.25, -0.2) is 0 Å². The SMILES string of the molecule is CCCCCCCCc1c(O)c(=O)n(O)c2ccccc12. The molecule has 0 spiro atoms. The van der Waals surface area contributed by atoms with Gasteiger partial charge in [-0.05, 0) is 18.9 Å². The summed E-state index contributed by atoms with van der Waals surface area (Å²) in [5, 5.41) is 20.5. The number of para-hydroxylation sites is 1. The van der Waals surface area contributed by atoms with Gasteiger partial charge in [-0.1, -0.05) is 57.2 Å². The number of aromatic nitrogens is 1. The Kier molecular flexibility index (Phi) is 5.26. The van der Waals surface area contributed by atoms with Crippen LogP contribution < -0.4 is 5.56 Å². The molecule has 0 saturated carbocycles. The maximum Gasteiger partial charge on any atom is 0.325 e. The Morgan fingerprint density at radius 2 is 1.71 bits per heavy atom. The largest absolute Gasteiger partial charge is 0.503 e. The third-order valence-electron chi connectivity index (χ3n) is 3.92. The zero-order valence-electron chi connectivity index (χ0n) is 12.5. The Morgan fingerprint density at radius 1 is 1.05 bits per heavy atom. The van der Waals surface area contributed by atoms with Gasteiger partial charge in [0.05, 0.1) is 5.52 Å². The third-order valence-corrected chi connectivity index (χ3v) is 3.92. The molecule has 0 atom stereocenters. The van der Waals surface area contributed by atoms with Crippen molar-refractivity contribution in [2.24, 2.45) is 0 Å². The molecule has 0 aliphatic rings. The van der Waals surface area contributed by atoms with E-state index < -0.39 is 5.56 Å². The summed E-state index contributed by atoms with van der Waals surface area (Å²) in [6.07, 6.45) is 7.60. The zero-order valence-corrected chi connectivity index (χ0v) is 12.5. The van der Waals surface area contributed by atoms with Crippen LogP contribution >= 0.6 is 0 Å². The lowest BCUT2D eigenvalue weighted by molar-refractivity contribution is 0.184. The van der Waals surface area contributed by atoms with Gasteiger partial charge in [0.15, 0.2) is 5.75 Å². The van der Waals surface area contributed by atoms with Crippen LogP contribution in [0.3, 0.4) is 0 Å². The van der Waals surface area contributed by atoms with Crippen molar-refractivity contribution < 1.29 is 10.3 Å². The molecule has 2 aromatic rings. The minimum Gasteiger partial charge on any atom is -0.503 e. The topological polar surface area (TPSA) is 62.5 Å². The average Bonchev–Trinajstić information content (AvgIpc) is 2.51. The Labute approximate surface area is 124 Å². The van der Waals surface area contributed by atoms with Crippen molar-refractivity contribution in [3.05, 3.63) is 40.2 Å². The van der Waals surface area contributed by atoms with E-state index in [4.69, 9.17) is 0 Å². The van der Waals surface area contributed by atoms with Crippen molar-refractivity contribution in [2.75, 3.05) is 0 Å². The molecule has 4 nitrogen and oxygen atoms in total. The average molecular weight is 289 g/mol. The van der Waals surface area contributed by atoms with Crippen LogP contribution in [0.4, 0.5) is 0 Å². The molecule has 0 aliphatic heterocycles. The molecular formula is C17H23NO3. The number of nitrogens with zero attached hydrogens (tertiary/aromatic N) is 1. The molecule has 0 unspecified atom stereocenters. The number of fused-ring (bicyclic) bond motifs is 1. The Morgan fingerprint density at radius 3 is 2.48 bits per heavy atom. The minimum absolute atomic E-state index is 0.329. The van der Waals surface area contributed by atoms with Crippen molar-refractivity contribution in [3.8, 4) is 5.75 Å². The monoisotopic (exact) mass is 289 g/mol. The van der Waals surface area contributed by atoms with Gasteiger partial charge in [0.1, 0.15) is 0 Å². The van der Waals surface area contributed by atoms with Crippen LogP contribution in [0.25, 0.3) is 10.9 Å². The van der Waals surface area contributed by atoms with Gasteiger partial charge in [-0.15, -0.1) is 4.73 Å². The van der Waals surface area contributed by atoms with Crippen LogP contribution in [-0.2, 0) is 6.42 Å². The van der Waals surface area contributed by atoms with Crippen LogP contribution in [-0.4, -0.2) is 15.0 Å². The van der Waals surface area contributed by atoms with E-state index in [0.29, 0.717) is 22.2 Å². The molecular weight excluding hydrogens is 266 g/mol. The van der Waals surface area contributed by atoms with Crippen molar-refractivity contribution in [1.29, 1.82) is 0 Å². The summed E-state index contributed by atoms with van der Waals surface area (Å²) >= 11 is 0. The van der Waals surface area contributed by atoms with Gasteiger partial charge in [0.2, 0.25) is 0 Å². The van der Waals surface area contributed by atoms with Gasteiger partial charge in [0, 0.05) is 10.9 Å². The number of aryl methyl sites for hydroxylation is 1. The molecule has 4 heteroatoms. The van der Waals surface area contributed by atoms with E-state index in [1.54, 1.807) is 12.1 Å². The number of hydrogen-bond donors (Lipinski definition) is 2. The lowest BCUT2D eigenvalue weighted by atomic mass is 10.0. The van der Waals surface area contributed by atoms with Crippen LogP contribution in [0.5, 0.6) is 5.75 Å². The predicted octanol–water partition coefficient (Wildman–Crippen LogP) is 3.85. The van der Waals surface area contributed by atoms with E-state index in [1.807, 2.05) is 12.1 Å². The molecule has 0 radical (unpaired) electrons. The summed E-state index contributed by atoms with van der Waals surface area (Å²) < 4.78 is 0.523. The van der Waals surface area contributed by atoms with E-state index in [-0.39, 0.29) is 5.75 Å². The fraction of sp³-hybridized carbons (Fsp3) is 0.471. The number of hydrogen-bond acceptors (Lipinski definition) is 3. The first kappa shape index (κ1) is 15.4. The minimum atomic E-state index is -0.741. The van der Waals surface area contributed by atoms with Gasteiger partial charge in [-0.3, -0.25) is 4.79 Å². The van der Waals surface area contributed by atoms with E-state index in [9.17, 15) is 15.1 Å². The molecule has 21 heavy (non-hydrogen) atoms. The summed E-state index contributed by atoms with van der Waals surface area (Å²) in [7, 11) is 0. The van der Waals surface area contributed by atoms with Crippen molar-refractivity contribution in [2.45, 2.75) is 51.9 Å². The normalized spacial score (nSPS) is 11.1. The molecule has 0 aliphatic carbocycles. The highest BCUT2D eigenvalue weighted by Crippen LogP contribution is 2.25. The predicted molar refractivity (Wildman–Crippen MR) is 84.1 cm³/mol. The fourth-order valence-electron chi connectivity index (χ4n) is 2.72. The van der Waals surface area contributed by atoms with Gasteiger partial charge in [-0.2, -0.15) is 0 Å². The number of unbranched alkanes of at least 4 members (excludes halogenated alkanes) is 5. The summed E-state index contributed by atoms with van der Waals surface area (Å²) in [4.78, 5) is 11.8. The third kappa shape index (κ3) is 3.38. The molecule has 0 amide bonds. The molecule has 2 rings (SSSR count). The molecule has 1 heterocycles. The highest BCUT2D eigenvalue weighted by atomic mass is 16.5. The van der Waals surface area contributed by atoms with Crippen molar-refractivity contribution >= 4 is 10.9 Å². The summed E-state index contributed by atoms with van der Waals surface area (Å²) in [6.45, 7) is 2.19. The summed E-state index contributed by atoms with van der Waals surface area (Å²) in [5.74, 6) is -0.329. The number of rotatable bonds is 7. The Hall–Kier alpha value is -1.97. The molecule has 0 fully saturated rings. The second-order valence-corrected chi connectivity index (χ2v) is 5.48. The number of aromatic hydroxyl groups is 1. The van der Waals surface area contributed by atoms with Crippen LogP contribution in [0, 0.1) is 0 Å². The van der Waals surface area contributed by atoms with Gasteiger partial charge < -0.3 is 10.3 Å². The first-order valence-electron chi connectivity index (χ1n) is 7.71. The van der Waals surface area contributed by atoms with E-state index in [2.05, 4.69) is 6.92 Å². The zero-order chi connectivity index (χ0) is 15.2. The van der Waals surface area contributed by atoms with Crippen molar-refractivity contribution in [3.63, 3.8) is 0 Å². The van der Waals surface area contributed by atoms with E-state index >= 15 is 0 Å². The fourth-order valence-corrected chi connectivity index (χ4v) is 2.72. The first-order chi connectivity index (χ1) is 10.2. The smallest absolute Gasteiger partial charge is 0.325 e. The Bertz CT molecular complexity index is 661. The summed E-state index contributed by atoms with van der Waals surface area (Å²) in [5.41, 5.74) is 0.354. The lowest BCUT2D eigenvalue weighted by Crippen LogP contribution is -2.19. The molecule has 1 aromatic heterocycles. The second kappa shape index (κ2) is 7.16. The van der Waals surface area contributed by atoms with Gasteiger partial charge in [0.25, 0.3) is 0 Å². The molecule has 0 saturated heterocycles. The molecule has 0 bridgehead atoms. The standard InChI is InChI=1S/C17H23NO3/c1-2-3-4-5-6-7-11-14-13-10-8-9-12-15(13)18(21)17(20)16(14)19/h8-10,12,19,21H,2-7,11H2,1H3. The Balaban J connectivity index is 2.17. The van der Waals surface area contributed by atoms with Gasteiger partial charge >= 0.3 is 5.56 Å². The van der Waals surface area contributed by atoms with Crippen LogP contribution in [0.1, 0.15) is 51.0 Å². The maximum atomic E-state index is 11.8. The quantitative estimate of drug-likeness (QED) is 0.601. The number of benzene rings is 1. The maximum absolute atomic E-state index is 11.8. The molecule has 2 N–H and O–H groups in total. The lowest BCUT2D eigenvalue weighted by Gasteiger charge is -2.11. The van der Waals surface area contributed by atoms with Crippen LogP contribution in [0.2, 0.25) is 0 Å². The van der Waals surface area contributed by atoms with E-state index in [1.165, 1.54) is 25.7 Å².